The minimum atomic E-state index is -2.98. The van der Waals surface area contributed by atoms with Crippen LogP contribution < -0.4 is 10.1 Å². The van der Waals surface area contributed by atoms with Crippen molar-refractivity contribution in [1.29, 1.82) is 0 Å². The van der Waals surface area contributed by atoms with Crippen LogP contribution in [0, 0.1) is 0 Å². The van der Waals surface area contributed by atoms with Crippen LogP contribution in [-0.2, 0) is 4.79 Å². The van der Waals surface area contributed by atoms with Gasteiger partial charge in [-0.2, -0.15) is 8.78 Å². The van der Waals surface area contributed by atoms with Crippen LogP contribution in [0.1, 0.15) is 6.92 Å². The van der Waals surface area contributed by atoms with Crippen LogP contribution in [-0.4, -0.2) is 27.3 Å². The molecule has 1 unspecified atom stereocenters. The van der Waals surface area contributed by atoms with Gasteiger partial charge in [0.25, 0.3) is 0 Å². The summed E-state index contributed by atoms with van der Waals surface area (Å²) in [4.78, 5) is 16.8. The van der Waals surface area contributed by atoms with E-state index in [0.29, 0.717) is 10.2 Å². The summed E-state index contributed by atoms with van der Waals surface area (Å²) >= 11 is 7.27. The fraction of sp³-hybridized carbons (Fsp3) is 0.158. The Balaban J connectivity index is 1.72. The largest absolute Gasteiger partial charge is 0.433 e. The number of para-hydroxylation sites is 2. The molecule has 5 nitrogen and oxygen atoms in total. The van der Waals surface area contributed by atoms with E-state index >= 15 is 0 Å². The summed E-state index contributed by atoms with van der Waals surface area (Å²) in [5.41, 5.74) is 0.995. The quantitative estimate of drug-likeness (QED) is 0.527. The SMILES string of the molecule is CC(Sc1nccn1-c1cccc(Cl)c1)C(=O)Nc1ccccc1OC(F)F. The molecule has 1 heterocycles. The highest BCUT2D eigenvalue weighted by Crippen LogP contribution is 2.29. The monoisotopic (exact) mass is 423 g/mol. The van der Waals surface area contributed by atoms with Crippen molar-refractivity contribution < 1.29 is 18.3 Å². The fourth-order valence-corrected chi connectivity index (χ4v) is 3.48. The number of thioether (sulfide) groups is 1. The average Bonchev–Trinajstić information content (AvgIpc) is 3.11. The van der Waals surface area contributed by atoms with Crippen molar-refractivity contribution in [3.63, 3.8) is 0 Å². The van der Waals surface area contributed by atoms with E-state index in [4.69, 9.17) is 11.6 Å². The van der Waals surface area contributed by atoms with Crippen LogP contribution in [0.15, 0.2) is 66.1 Å². The third kappa shape index (κ3) is 5.02. The first-order chi connectivity index (χ1) is 13.4. The maximum absolute atomic E-state index is 12.5. The molecule has 0 fully saturated rings. The lowest BCUT2D eigenvalue weighted by atomic mass is 10.3. The zero-order chi connectivity index (χ0) is 20.1. The van der Waals surface area contributed by atoms with Gasteiger partial charge in [0.2, 0.25) is 5.91 Å². The number of nitrogens with zero attached hydrogens (tertiary/aromatic N) is 2. The molecule has 0 spiro atoms. The number of rotatable bonds is 7. The van der Waals surface area contributed by atoms with Gasteiger partial charge in [-0.3, -0.25) is 9.36 Å². The Hall–Kier alpha value is -2.58. The predicted molar refractivity (Wildman–Crippen MR) is 106 cm³/mol. The van der Waals surface area contributed by atoms with Crippen molar-refractivity contribution in [3.05, 3.63) is 65.9 Å². The van der Waals surface area contributed by atoms with E-state index in [2.05, 4.69) is 15.0 Å². The maximum Gasteiger partial charge on any atom is 0.387 e. The third-order valence-electron chi connectivity index (χ3n) is 3.71. The number of imidazole rings is 1. The number of aromatic nitrogens is 2. The van der Waals surface area contributed by atoms with Gasteiger partial charge in [0.1, 0.15) is 5.75 Å². The van der Waals surface area contributed by atoms with Crippen molar-refractivity contribution in [2.24, 2.45) is 0 Å². The Morgan fingerprint density at radius 1 is 1.25 bits per heavy atom. The van der Waals surface area contributed by atoms with E-state index in [9.17, 15) is 13.6 Å². The Bertz CT molecular complexity index is 968. The second-order valence-electron chi connectivity index (χ2n) is 5.68. The summed E-state index contributed by atoms with van der Waals surface area (Å²) in [6.45, 7) is -1.27. The number of benzene rings is 2. The first-order valence-corrected chi connectivity index (χ1v) is 9.50. The Morgan fingerprint density at radius 3 is 2.79 bits per heavy atom. The van der Waals surface area contributed by atoms with E-state index in [1.807, 2.05) is 16.7 Å². The summed E-state index contributed by atoms with van der Waals surface area (Å²) in [5.74, 6) is -0.459. The first kappa shape index (κ1) is 20.2. The highest BCUT2D eigenvalue weighted by molar-refractivity contribution is 8.00. The van der Waals surface area contributed by atoms with E-state index in [1.54, 1.807) is 43.6 Å². The third-order valence-corrected chi connectivity index (χ3v) is 5.02. The molecule has 1 N–H and O–H groups in total. The van der Waals surface area contributed by atoms with Gasteiger partial charge in [-0.25, -0.2) is 4.98 Å². The summed E-state index contributed by atoms with van der Waals surface area (Å²) < 4.78 is 31.3. The summed E-state index contributed by atoms with van der Waals surface area (Å²) in [5, 5.41) is 3.26. The molecule has 0 saturated heterocycles. The standard InChI is InChI=1S/C19H16ClF2N3O2S/c1-12(17(26)24-15-7-2-3-8-16(15)27-18(21)22)28-19-23-9-10-25(19)14-6-4-5-13(20)11-14/h2-12,18H,1H3,(H,24,26). The van der Waals surface area contributed by atoms with Gasteiger partial charge < -0.3 is 10.1 Å². The maximum atomic E-state index is 12.5. The van der Waals surface area contributed by atoms with Gasteiger partial charge in [-0.05, 0) is 37.3 Å². The molecule has 146 valence electrons. The lowest BCUT2D eigenvalue weighted by Crippen LogP contribution is -2.23. The van der Waals surface area contributed by atoms with Crippen LogP contribution in [0.4, 0.5) is 14.5 Å². The van der Waals surface area contributed by atoms with E-state index < -0.39 is 11.9 Å². The van der Waals surface area contributed by atoms with Crippen LogP contribution in [0.3, 0.4) is 0 Å². The fourth-order valence-electron chi connectivity index (χ4n) is 2.41. The van der Waals surface area contributed by atoms with Crippen molar-refractivity contribution >= 4 is 35.0 Å². The van der Waals surface area contributed by atoms with E-state index in [0.717, 1.165) is 5.69 Å². The van der Waals surface area contributed by atoms with Crippen molar-refractivity contribution in [2.75, 3.05) is 5.32 Å². The Kier molecular flexibility index (Phi) is 6.53. The molecule has 28 heavy (non-hydrogen) atoms. The van der Waals surface area contributed by atoms with Crippen LogP contribution in [0.2, 0.25) is 5.02 Å². The highest BCUT2D eigenvalue weighted by atomic mass is 35.5. The van der Waals surface area contributed by atoms with E-state index in [1.165, 1.54) is 23.9 Å². The lowest BCUT2D eigenvalue weighted by Gasteiger charge is -2.15. The van der Waals surface area contributed by atoms with Gasteiger partial charge in [0.15, 0.2) is 5.16 Å². The molecule has 1 atom stereocenters. The molecule has 1 aromatic heterocycles. The minimum absolute atomic E-state index is 0.0940. The number of alkyl halides is 2. The van der Waals surface area contributed by atoms with Gasteiger partial charge in [-0.1, -0.05) is 41.6 Å². The predicted octanol–water partition coefficient (Wildman–Crippen LogP) is 5.25. The summed E-state index contributed by atoms with van der Waals surface area (Å²) in [7, 11) is 0. The minimum Gasteiger partial charge on any atom is -0.433 e. The van der Waals surface area contributed by atoms with Gasteiger partial charge >= 0.3 is 6.61 Å². The Labute approximate surface area is 169 Å². The number of carbonyl (C=O) groups excluding carboxylic acids is 1. The smallest absolute Gasteiger partial charge is 0.387 e. The van der Waals surface area contributed by atoms with Crippen LogP contribution in [0.5, 0.6) is 5.75 Å². The molecule has 1 amide bonds. The second kappa shape index (κ2) is 9.07. The van der Waals surface area contributed by atoms with Crippen LogP contribution in [0.25, 0.3) is 5.69 Å². The summed E-state index contributed by atoms with van der Waals surface area (Å²) in [6.07, 6.45) is 3.39. The number of amides is 1. The van der Waals surface area contributed by atoms with Crippen molar-refractivity contribution in [1.82, 2.24) is 9.55 Å². The number of hydrogen-bond donors (Lipinski definition) is 1. The molecule has 0 bridgehead atoms. The summed E-state index contributed by atoms with van der Waals surface area (Å²) in [6, 6.07) is 13.3. The number of carbonyl (C=O) groups is 1. The number of ether oxygens (including phenoxy) is 1. The first-order valence-electron chi connectivity index (χ1n) is 8.24. The molecule has 0 aliphatic rings. The van der Waals surface area contributed by atoms with E-state index in [-0.39, 0.29) is 17.3 Å². The molecule has 9 heteroatoms. The molecule has 3 rings (SSSR count). The molecule has 0 aliphatic heterocycles. The topological polar surface area (TPSA) is 56.2 Å². The highest BCUT2D eigenvalue weighted by Gasteiger charge is 2.20. The lowest BCUT2D eigenvalue weighted by molar-refractivity contribution is -0.115. The van der Waals surface area contributed by atoms with Crippen molar-refractivity contribution in [3.8, 4) is 11.4 Å². The molecular weight excluding hydrogens is 408 g/mol. The van der Waals surface area contributed by atoms with Crippen molar-refractivity contribution in [2.45, 2.75) is 23.9 Å². The average molecular weight is 424 g/mol. The molecule has 3 aromatic rings. The Morgan fingerprint density at radius 2 is 2.04 bits per heavy atom. The number of nitrogens with one attached hydrogen (secondary N) is 1. The molecular formula is C19H16ClF2N3O2S. The zero-order valence-corrected chi connectivity index (χ0v) is 16.3. The number of halogens is 3. The van der Waals surface area contributed by atoms with Gasteiger partial charge in [0, 0.05) is 23.1 Å². The number of anilines is 1. The van der Waals surface area contributed by atoms with Crippen LogP contribution >= 0.6 is 23.4 Å². The molecule has 0 aliphatic carbocycles. The molecule has 0 radical (unpaired) electrons. The normalized spacial score (nSPS) is 12.0. The molecule has 0 saturated carbocycles. The van der Waals surface area contributed by atoms with Gasteiger partial charge in [-0.15, -0.1) is 0 Å². The number of hydrogen-bond acceptors (Lipinski definition) is 4. The zero-order valence-electron chi connectivity index (χ0n) is 14.7. The second-order valence-corrected chi connectivity index (χ2v) is 7.43. The van der Waals surface area contributed by atoms with Gasteiger partial charge in [0.05, 0.1) is 10.9 Å². The molecule has 2 aromatic carbocycles.